The van der Waals surface area contributed by atoms with E-state index in [-0.39, 0.29) is 0 Å². The number of nitrogens with zero attached hydrogens (tertiary/aromatic N) is 4. The summed E-state index contributed by atoms with van der Waals surface area (Å²) in [5.74, 6) is 3.05. The molecule has 126 valence electrons. The van der Waals surface area contributed by atoms with Crippen LogP contribution in [-0.4, -0.2) is 36.2 Å². The fourth-order valence-corrected chi connectivity index (χ4v) is 3.61. The Kier molecular flexibility index (Phi) is 4.24. The van der Waals surface area contributed by atoms with E-state index in [0.29, 0.717) is 6.61 Å². The van der Waals surface area contributed by atoms with Gasteiger partial charge < -0.3 is 14.5 Å². The molecule has 0 saturated carbocycles. The summed E-state index contributed by atoms with van der Waals surface area (Å²) in [6.07, 6.45) is 5.27. The number of hydrogen-bond acceptors (Lipinski definition) is 5. The molecule has 0 atom stereocenters. The Hall–Kier alpha value is -2.30. The number of fused-ring (bicyclic) bond motifs is 1. The summed E-state index contributed by atoms with van der Waals surface area (Å²) in [7, 11) is 0. The van der Waals surface area contributed by atoms with Crippen molar-refractivity contribution in [2.75, 3.05) is 36.0 Å². The molecule has 0 N–H and O–H groups in total. The summed E-state index contributed by atoms with van der Waals surface area (Å²) < 4.78 is 5.65. The average molecular weight is 324 g/mol. The number of rotatable bonds is 4. The summed E-state index contributed by atoms with van der Waals surface area (Å²) in [5.41, 5.74) is 2.76. The van der Waals surface area contributed by atoms with Crippen molar-refractivity contribution < 1.29 is 4.74 Å². The van der Waals surface area contributed by atoms with Crippen molar-refractivity contribution in [1.29, 1.82) is 0 Å². The largest absolute Gasteiger partial charge is 0.494 e. The SMILES string of the molecule is CCOc1ccc2c(c1)CN(c1cc(N3CCCC3)ncn1)CC2. The standard InChI is InChI=1S/C19H24N4O/c1-2-24-17-6-5-15-7-10-23(13-16(15)11-17)19-12-18(20-14-21-19)22-8-3-4-9-22/h5-6,11-12,14H,2-4,7-10,13H2,1H3. The predicted octanol–water partition coefficient (Wildman–Crippen LogP) is 3.04. The quantitative estimate of drug-likeness (QED) is 0.865. The molecule has 2 aliphatic heterocycles. The zero-order valence-electron chi connectivity index (χ0n) is 14.2. The molecule has 5 heteroatoms. The van der Waals surface area contributed by atoms with E-state index in [9.17, 15) is 0 Å². The molecule has 4 rings (SSSR count). The second-order valence-electron chi connectivity index (χ2n) is 6.46. The Labute approximate surface area is 143 Å². The van der Waals surface area contributed by atoms with Crippen molar-refractivity contribution in [3.8, 4) is 5.75 Å². The molecule has 0 radical (unpaired) electrons. The molecule has 3 heterocycles. The van der Waals surface area contributed by atoms with Gasteiger partial charge >= 0.3 is 0 Å². The van der Waals surface area contributed by atoms with Crippen LogP contribution in [0.3, 0.4) is 0 Å². The molecule has 0 spiro atoms. The van der Waals surface area contributed by atoms with Gasteiger partial charge in [-0.1, -0.05) is 6.07 Å². The average Bonchev–Trinajstić information content (AvgIpc) is 3.16. The monoisotopic (exact) mass is 324 g/mol. The molecule has 0 unspecified atom stereocenters. The highest BCUT2D eigenvalue weighted by Gasteiger charge is 2.20. The number of aromatic nitrogens is 2. The maximum absolute atomic E-state index is 5.65. The van der Waals surface area contributed by atoms with Gasteiger partial charge in [0.2, 0.25) is 0 Å². The molecule has 2 aromatic rings. The first-order valence-electron chi connectivity index (χ1n) is 8.90. The van der Waals surface area contributed by atoms with Crippen molar-refractivity contribution in [3.05, 3.63) is 41.7 Å². The lowest BCUT2D eigenvalue weighted by molar-refractivity contribution is 0.339. The number of hydrogen-bond donors (Lipinski definition) is 0. The van der Waals surface area contributed by atoms with Gasteiger partial charge in [0, 0.05) is 32.2 Å². The zero-order valence-corrected chi connectivity index (χ0v) is 14.2. The predicted molar refractivity (Wildman–Crippen MR) is 95.8 cm³/mol. The van der Waals surface area contributed by atoms with Gasteiger partial charge in [0.15, 0.2) is 0 Å². The Bertz CT molecular complexity index is 712. The minimum atomic E-state index is 0.702. The Morgan fingerprint density at radius 2 is 1.75 bits per heavy atom. The van der Waals surface area contributed by atoms with Gasteiger partial charge in [-0.3, -0.25) is 0 Å². The summed E-state index contributed by atoms with van der Waals surface area (Å²) in [5, 5.41) is 0. The fraction of sp³-hybridized carbons (Fsp3) is 0.474. The molecular formula is C19H24N4O. The zero-order chi connectivity index (χ0) is 16.4. The molecular weight excluding hydrogens is 300 g/mol. The highest BCUT2D eigenvalue weighted by atomic mass is 16.5. The topological polar surface area (TPSA) is 41.5 Å². The van der Waals surface area contributed by atoms with E-state index in [2.05, 4.69) is 44.0 Å². The van der Waals surface area contributed by atoms with Crippen LogP contribution in [0.25, 0.3) is 0 Å². The molecule has 5 nitrogen and oxygen atoms in total. The lowest BCUT2D eigenvalue weighted by Crippen LogP contribution is -2.31. The molecule has 1 aromatic heterocycles. The van der Waals surface area contributed by atoms with Gasteiger partial charge in [0.25, 0.3) is 0 Å². The van der Waals surface area contributed by atoms with Crippen LogP contribution in [0, 0.1) is 0 Å². The van der Waals surface area contributed by atoms with Gasteiger partial charge in [0.1, 0.15) is 23.7 Å². The van der Waals surface area contributed by atoms with Crippen LogP contribution < -0.4 is 14.5 Å². The maximum Gasteiger partial charge on any atom is 0.134 e. The van der Waals surface area contributed by atoms with E-state index < -0.39 is 0 Å². The van der Waals surface area contributed by atoms with E-state index in [1.807, 2.05) is 6.92 Å². The molecule has 0 aliphatic carbocycles. The van der Waals surface area contributed by atoms with E-state index >= 15 is 0 Å². The lowest BCUT2D eigenvalue weighted by atomic mass is 9.99. The van der Waals surface area contributed by atoms with Crippen LogP contribution >= 0.6 is 0 Å². The maximum atomic E-state index is 5.65. The van der Waals surface area contributed by atoms with Gasteiger partial charge in [-0.25, -0.2) is 9.97 Å². The van der Waals surface area contributed by atoms with Crippen LogP contribution in [0.4, 0.5) is 11.6 Å². The van der Waals surface area contributed by atoms with Crippen molar-refractivity contribution in [3.63, 3.8) is 0 Å². The highest BCUT2D eigenvalue weighted by Crippen LogP contribution is 2.28. The van der Waals surface area contributed by atoms with E-state index in [1.54, 1.807) is 6.33 Å². The minimum absolute atomic E-state index is 0.702. The number of anilines is 2. The third-order valence-corrected chi connectivity index (χ3v) is 4.89. The smallest absolute Gasteiger partial charge is 0.134 e. The summed E-state index contributed by atoms with van der Waals surface area (Å²) in [6.45, 7) is 6.82. The highest BCUT2D eigenvalue weighted by molar-refractivity contribution is 5.52. The molecule has 1 aromatic carbocycles. The third kappa shape index (κ3) is 3.03. The van der Waals surface area contributed by atoms with Crippen molar-refractivity contribution in [1.82, 2.24) is 9.97 Å². The normalized spacial score (nSPS) is 17.0. The molecule has 24 heavy (non-hydrogen) atoms. The molecule has 2 aliphatic rings. The molecule has 1 fully saturated rings. The fourth-order valence-electron chi connectivity index (χ4n) is 3.61. The van der Waals surface area contributed by atoms with Crippen LogP contribution in [-0.2, 0) is 13.0 Å². The summed E-state index contributed by atoms with van der Waals surface area (Å²) >= 11 is 0. The molecule has 0 amide bonds. The van der Waals surface area contributed by atoms with Crippen molar-refractivity contribution >= 4 is 11.6 Å². The first-order valence-corrected chi connectivity index (χ1v) is 8.90. The Balaban J connectivity index is 1.55. The summed E-state index contributed by atoms with van der Waals surface area (Å²) in [6, 6.07) is 8.59. The molecule has 1 saturated heterocycles. The summed E-state index contributed by atoms with van der Waals surface area (Å²) in [4.78, 5) is 13.7. The number of ether oxygens (including phenoxy) is 1. The first-order chi connectivity index (χ1) is 11.8. The van der Waals surface area contributed by atoms with Gasteiger partial charge in [-0.05, 0) is 49.4 Å². The van der Waals surface area contributed by atoms with Crippen LogP contribution in [0.2, 0.25) is 0 Å². The Morgan fingerprint density at radius 1 is 0.958 bits per heavy atom. The van der Waals surface area contributed by atoms with Crippen LogP contribution in [0.1, 0.15) is 30.9 Å². The second-order valence-corrected chi connectivity index (χ2v) is 6.46. The van der Waals surface area contributed by atoms with Crippen molar-refractivity contribution in [2.45, 2.75) is 32.7 Å². The van der Waals surface area contributed by atoms with E-state index in [4.69, 9.17) is 4.74 Å². The Morgan fingerprint density at radius 3 is 2.54 bits per heavy atom. The van der Waals surface area contributed by atoms with Gasteiger partial charge in [-0.15, -0.1) is 0 Å². The second kappa shape index (κ2) is 6.67. The van der Waals surface area contributed by atoms with Crippen LogP contribution in [0.15, 0.2) is 30.6 Å². The third-order valence-electron chi connectivity index (χ3n) is 4.89. The molecule has 0 bridgehead atoms. The van der Waals surface area contributed by atoms with Crippen LogP contribution in [0.5, 0.6) is 5.75 Å². The minimum Gasteiger partial charge on any atom is -0.494 e. The van der Waals surface area contributed by atoms with Gasteiger partial charge in [0.05, 0.1) is 6.61 Å². The van der Waals surface area contributed by atoms with Gasteiger partial charge in [-0.2, -0.15) is 0 Å². The first kappa shape index (κ1) is 15.2. The van der Waals surface area contributed by atoms with E-state index in [1.165, 1.54) is 24.0 Å². The lowest BCUT2D eigenvalue weighted by Gasteiger charge is -2.30. The van der Waals surface area contributed by atoms with Crippen molar-refractivity contribution in [2.24, 2.45) is 0 Å². The van der Waals surface area contributed by atoms with E-state index in [0.717, 1.165) is 50.0 Å². The number of benzene rings is 1.